The molecule has 10 rings (SSSR count). The highest BCUT2D eigenvalue weighted by atomic mass is 16.8. The second kappa shape index (κ2) is 78.3. The fourth-order valence-corrected chi connectivity index (χ4v) is 15.6. The maximum atomic E-state index is 11.9. The molecule has 45 heteroatoms. The van der Waals surface area contributed by atoms with Crippen LogP contribution in [0, 0.1) is 29.6 Å². The van der Waals surface area contributed by atoms with Crippen LogP contribution in [0.1, 0.15) is 285 Å². The van der Waals surface area contributed by atoms with Gasteiger partial charge in [-0.05, 0) is 172 Å². The molecule has 10 aliphatic heterocycles. The van der Waals surface area contributed by atoms with Gasteiger partial charge in [-0.2, -0.15) is 0 Å². The van der Waals surface area contributed by atoms with Crippen LogP contribution < -0.4 is 54.4 Å². The van der Waals surface area contributed by atoms with Gasteiger partial charge in [0.25, 0.3) is 29.5 Å². The quantitative estimate of drug-likeness (QED) is 0.0152. The minimum absolute atomic E-state index is 0.00685. The van der Waals surface area contributed by atoms with Gasteiger partial charge in [0.15, 0.2) is 0 Å². The van der Waals surface area contributed by atoms with Gasteiger partial charge in [0.1, 0.15) is 0 Å². The summed E-state index contributed by atoms with van der Waals surface area (Å²) in [6, 6.07) is 0.264. The number of nitrogens with one attached hydrogen (secondary N) is 7. The Hall–Kier alpha value is -12.1. The molecule has 0 aromatic carbocycles. The minimum atomic E-state index is -0.569. The Morgan fingerprint density at radius 1 is 0.331 bits per heavy atom. The summed E-state index contributed by atoms with van der Waals surface area (Å²) in [7, 11) is 0. The molecular formula is C100H174N20O25. The van der Waals surface area contributed by atoms with Crippen molar-refractivity contribution in [1.82, 2.24) is 87.0 Å². The Kier molecular flexibility index (Phi) is 72.9. The zero-order valence-electron chi connectivity index (χ0n) is 89.4. The summed E-state index contributed by atoms with van der Waals surface area (Å²) in [6.07, 6.45) is 16.9. The summed E-state index contributed by atoms with van der Waals surface area (Å²) in [5, 5.41) is 22.7. The first-order valence-electron chi connectivity index (χ1n) is 50.9. The SMILES string of the molecule is C=C1CCC(=O)N1OC(=O)CC[15NH][13CH]=O.C=C1CCC(=O)N1O[13CH]=O.C=C1CCC(=O)N1O[13C](=O)CC[15NH][13CH]=O.C=C1CCC(=O)N1O[13C](=O)CC[15NH][13CH]=O.C=C1CCC(=O)N1O[13C](=O)CC[15NH][13C](=O)[13CH2][13CH3].CC(C)[13CH2][15N]1CCC[13CH]1C(=O)NC[13CH2][13C]([15NH2])=O.C[13CH](C)[13CH2][15N]1CCC[13CH]1C(=O)N[13CH2][13CH3].C[13CH](C)[13CH2][15N]1CCC[13CH]1C([15NH2])=O.[13CH3]CNC(=O)C1CCC[15N]1[13CH2][13CH]([13CH3])[13CH3].[13CH3][13CH3].[13CH3][13CH3].[13CH3][13CH]([13CH3])[13CH2]N1CCCC1C([15NH2])=O. The first-order valence-corrected chi connectivity index (χ1v) is 50.9. The van der Waals surface area contributed by atoms with E-state index in [-0.39, 0.29) is 166 Å². The second-order valence-corrected chi connectivity index (χ2v) is 36.6. The van der Waals surface area contributed by atoms with E-state index < -0.39 is 23.9 Å². The predicted molar refractivity (Wildman–Crippen MR) is 544 cm³/mol. The number of hydrogen-bond acceptors (Lipinski definition) is 30. The monoisotopic (exact) mass is 2100 g/mol. The Morgan fingerprint density at radius 2 is 0.559 bits per heavy atom. The third kappa shape index (κ3) is 57.4. The molecule has 45 nitrogen and oxygen atoms in total. The highest BCUT2D eigenvalue weighted by Gasteiger charge is 2.37. The molecule has 5 unspecified atom stereocenters. The summed E-state index contributed by atoms with van der Waals surface area (Å²) in [6.45, 7) is 66.4. The molecule has 0 aromatic rings. The number of primary amides is 3. The van der Waals surface area contributed by atoms with E-state index in [1.165, 1.54) is 0 Å². The molecule has 0 radical (unpaired) electrons. The first kappa shape index (κ1) is 135. The normalized spacial score (nSPS) is 18.9. The first-order chi connectivity index (χ1) is 68.8. The van der Waals surface area contributed by atoms with Crippen molar-refractivity contribution in [2.45, 2.75) is 315 Å². The van der Waals surface area contributed by atoms with Crippen LogP contribution in [-0.4, -0.2) is 312 Å². The molecule has 13 N–H and O–H groups in total. The summed E-state index contributed by atoms with van der Waals surface area (Å²) >= 11 is 0. The number of amides is 15. The average Bonchev–Trinajstić information content (AvgIpc) is 1.73. The predicted octanol–water partition coefficient (Wildman–Crippen LogP) is 5.68. The van der Waals surface area contributed by atoms with Crippen LogP contribution in [-0.2, 0) is 120 Å². The maximum absolute atomic E-state index is 11.9. The number of hydroxylamine groups is 10. The molecule has 824 valence electrons. The van der Waals surface area contributed by atoms with Crippen LogP contribution in [0.2, 0.25) is 0 Å². The average molecular weight is 2100 g/mol. The molecule has 10 aliphatic rings. The summed E-state index contributed by atoms with van der Waals surface area (Å²) in [5.41, 5.74) is 18.1. The molecular weight excluding hydrogens is 1930 g/mol. The van der Waals surface area contributed by atoms with Gasteiger partial charge < -0.3 is 78.6 Å². The van der Waals surface area contributed by atoms with Gasteiger partial charge >= 0.3 is 30.3 Å². The third-order valence-electron chi connectivity index (χ3n) is 22.0. The van der Waals surface area contributed by atoms with E-state index in [4.69, 9.17) is 36.6 Å². The topological polar surface area (TPSA) is 582 Å². The van der Waals surface area contributed by atoms with Crippen molar-refractivity contribution >= 4 is 120 Å². The molecule has 0 spiro atoms. The molecule has 0 bridgehead atoms. The van der Waals surface area contributed by atoms with Crippen LogP contribution in [0.25, 0.3) is 0 Å². The fraction of sp³-hybridized carbons (Fsp3) is 0.700. The number of allylic oxidation sites excluding steroid dienone is 5. The highest BCUT2D eigenvalue weighted by molar-refractivity contribution is 5.87. The molecule has 0 aliphatic carbocycles. The summed E-state index contributed by atoms with van der Waals surface area (Å²) in [5.74, 6) is -0.820. The van der Waals surface area contributed by atoms with Crippen LogP contribution in [0.3, 0.4) is 0 Å². The largest absolute Gasteiger partial charge is 0.370 e. The van der Waals surface area contributed by atoms with Crippen molar-refractivity contribution < 1.29 is 120 Å². The van der Waals surface area contributed by atoms with Crippen molar-refractivity contribution in [2.24, 2.45) is 46.8 Å². The molecule has 0 saturated carbocycles. The van der Waals surface area contributed by atoms with Crippen molar-refractivity contribution in [3.05, 3.63) is 61.4 Å². The molecule has 15 amide bonds. The number of rotatable bonds is 42. The Balaban J connectivity index is 0. The van der Waals surface area contributed by atoms with Gasteiger partial charge in [-0.25, -0.2) is 19.2 Å². The summed E-state index contributed by atoms with van der Waals surface area (Å²) < 4.78 is 0. The van der Waals surface area contributed by atoms with Gasteiger partial charge in [0, 0.05) is 123 Å². The maximum Gasteiger partial charge on any atom is 0.334 e. The lowest BCUT2D eigenvalue weighted by molar-refractivity contribution is -0.186. The fourth-order valence-electron chi connectivity index (χ4n) is 15.6. The Morgan fingerprint density at radius 3 is 0.766 bits per heavy atom. The van der Waals surface area contributed by atoms with E-state index in [0.717, 1.165) is 168 Å². The number of carbonyl (C=O) groups is 20. The van der Waals surface area contributed by atoms with Crippen LogP contribution >= 0.6 is 0 Å². The van der Waals surface area contributed by atoms with Crippen LogP contribution in [0.4, 0.5) is 0 Å². The minimum Gasteiger partial charge on any atom is -0.370 e. The number of likely N-dealkylation sites (N-methyl/N-ethyl adjacent to an activating group) is 2. The lowest BCUT2D eigenvalue weighted by Gasteiger charge is -2.25. The molecule has 10 fully saturated rings. The van der Waals surface area contributed by atoms with Crippen molar-refractivity contribution in [3.8, 4) is 0 Å². The molecule has 10 heterocycles. The summed E-state index contributed by atoms with van der Waals surface area (Å²) in [4.78, 5) is 253. The number of carbonyl (C=O) groups excluding carboxylic acids is 20. The van der Waals surface area contributed by atoms with Crippen molar-refractivity contribution in [2.75, 3.05) is 111 Å². The van der Waals surface area contributed by atoms with Gasteiger partial charge in [-0.1, -0.05) is 137 Å². The Bertz CT molecular complexity index is 3810. The van der Waals surface area contributed by atoms with E-state index in [1.807, 2.05) is 41.5 Å². The number of nitrogens with zero attached hydrogens (tertiary/aromatic N) is 10. The Labute approximate surface area is 857 Å². The van der Waals surface area contributed by atoms with Gasteiger partial charge in [-0.15, -0.1) is 25.3 Å². The van der Waals surface area contributed by atoms with Gasteiger partial charge in [0.2, 0.25) is 60.6 Å². The second-order valence-electron chi connectivity index (χ2n) is 36.6. The zero-order valence-corrected chi connectivity index (χ0v) is 89.4. The number of hydrogen-bond donors (Lipinski definition) is 10. The number of likely N-dealkylation sites (tertiary alicyclic amines) is 5. The standard InChI is InChI=1S/C12H23N3O2.C11H16N2O4.2C11H22N2O.3C9H12N2O4.2C9H18N2O.C6H7NO3.2C2H6/c1-9(2)8-15-7-3-4-10(15)12(17)14-6-5-11(13)16;1-3-9(14)12-7-6-11(16)17-13-8(2)4-5-10(13)15;2*1-4-12-11(14)10-6-5-7-13(10)8-9(2)3;3*1-7-2-3-8(13)11(7)15-9(14)4-5-10-6-12;2*1-7(2)6-11-5-3-4-8(11)9(10)12;1-5-2-3-6(9)7(5)10-4-8;2*1-2/h9-10H,3-8H2,1-2H3,(H2,13,16)(H,14,17);2-7H2,1H3,(H,12,14);2*9-10H,4-8H2,1-3H3,(H,12,14);3*6H,1-5H2,(H,10,12);2*7-8H,3-6H2,1-2H3,(H2,10,12);4H,1-3H2;2*1-2H3/i5+1,8+1,10+1,11+1,13+1,15+1;1+1,3+1,9+1,11+1,12+1;1+1,4+1,8+1,9+1,10+1,13+1;1+1,2+1,3+1,8+1,9+1,13+1;2*6+1,9+1,10+1;6+1,10+1;6+1,7+1,8+1,10+1,11+1;1+1,2+1,6+1,7+1,10+1;4+1;2*1+1,2+1. The van der Waals surface area contributed by atoms with Crippen molar-refractivity contribution in [3.63, 3.8) is 0 Å². The van der Waals surface area contributed by atoms with E-state index in [1.54, 1.807) is 6.92 Å². The number of nitrogens with two attached hydrogens (primary N) is 3. The van der Waals surface area contributed by atoms with Gasteiger partial charge in [-0.3, -0.25) is 101 Å². The van der Waals surface area contributed by atoms with E-state index in [9.17, 15) is 95.9 Å². The van der Waals surface area contributed by atoms with Crippen LogP contribution in [0.5, 0.6) is 0 Å². The smallest absolute Gasteiger partial charge is 0.334 e. The lowest BCUT2D eigenvalue weighted by Crippen LogP contribution is -2.45. The molecule has 5 atom stereocenters. The molecule has 145 heavy (non-hydrogen) atoms. The van der Waals surface area contributed by atoms with Crippen LogP contribution in [0.15, 0.2) is 61.4 Å². The zero-order chi connectivity index (χ0) is 110. The van der Waals surface area contributed by atoms with E-state index >= 15 is 0 Å². The van der Waals surface area contributed by atoms with E-state index in [0.29, 0.717) is 154 Å². The lowest BCUT2D eigenvalue weighted by atomic mass is 10.2. The van der Waals surface area contributed by atoms with Crippen molar-refractivity contribution in [1.29, 1.82) is 0 Å². The molecule has 0 aromatic heterocycles. The third-order valence-corrected chi connectivity index (χ3v) is 22.0. The molecule has 10 saturated heterocycles. The van der Waals surface area contributed by atoms with Gasteiger partial charge in [0.05, 0.1) is 84.4 Å². The van der Waals surface area contributed by atoms with E-state index in [2.05, 4.69) is 169 Å². The highest BCUT2D eigenvalue weighted by Crippen LogP contribution is 2.28.